The molecule has 0 aromatic carbocycles. The van der Waals surface area contributed by atoms with Crippen molar-refractivity contribution in [3.05, 3.63) is 0 Å². The second-order valence-corrected chi connectivity index (χ2v) is 12.2. The molecule has 0 aliphatic carbocycles. The van der Waals surface area contributed by atoms with Gasteiger partial charge in [-0.3, -0.25) is 0 Å². The third-order valence-electron chi connectivity index (χ3n) is 7.72. The molecule has 18 nitrogen and oxygen atoms in total. The molecule has 0 aromatic heterocycles. The van der Waals surface area contributed by atoms with Crippen molar-refractivity contribution in [1.29, 1.82) is 0 Å². The molecule has 3 rings (SSSR count). The number of hydrogen-bond acceptors (Lipinski definition) is 17. The van der Waals surface area contributed by atoms with Crippen molar-refractivity contribution >= 4 is 0 Å². The third-order valence-corrected chi connectivity index (χ3v) is 7.72. The maximum Gasteiger partial charge on any atom is 0.187 e. The number of ether oxygens (including phenoxy) is 8. The van der Waals surface area contributed by atoms with Gasteiger partial charge in [0.1, 0.15) is 85.9 Å². The van der Waals surface area contributed by atoms with Gasteiger partial charge in [0, 0.05) is 14.2 Å². The topological polar surface area (TPSA) is 256 Å². The summed E-state index contributed by atoms with van der Waals surface area (Å²) < 4.78 is 44.7. The zero-order chi connectivity index (χ0) is 32.9. The molecule has 0 spiro atoms. The second kappa shape index (κ2) is 17.8. The Kier molecular flexibility index (Phi) is 16.1. The molecule has 0 amide bonds. The number of rotatable bonds is 14. The molecule has 3 aliphatic heterocycles. The van der Waals surface area contributed by atoms with E-state index in [9.17, 15) is 46.0 Å². The maximum absolute atomic E-state index is 11.2. The fourth-order valence-corrected chi connectivity index (χ4v) is 5.51. The SMILES string of the molecule is CO[C@H]1OC(CO)[C@@H](O[C@H]2OC(COCC(O)C[N+](C)(C)C)[C@@H](O[C@H]3OC(CO)[C@@H](OC)[C@H](O)C3O)[C@H](O)C2O)[C@H](O)C1O.[Cl-]. The minimum atomic E-state index is -1.87. The Hall–Kier alpha value is -0.430. The number of nitrogens with zero attached hydrogens (tertiary/aromatic N) is 1. The summed E-state index contributed by atoms with van der Waals surface area (Å²) in [5.41, 5.74) is 0. The van der Waals surface area contributed by atoms with Gasteiger partial charge in [0.2, 0.25) is 0 Å². The Morgan fingerprint density at radius 2 is 1.04 bits per heavy atom. The summed E-state index contributed by atoms with van der Waals surface area (Å²) >= 11 is 0. The van der Waals surface area contributed by atoms with Crippen molar-refractivity contribution in [3.63, 3.8) is 0 Å². The van der Waals surface area contributed by atoms with Gasteiger partial charge in [0.15, 0.2) is 18.9 Å². The summed E-state index contributed by atoms with van der Waals surface area (Å²) in [5.74, 6) is 0. The average molecular weight is 684 g/mol. The number of quaternary nitrogens is 1. The van der Waals surface area contributed by atoms with Gasteiger partial charge in [0.05, 0.1) is 47.6 Å². The zero-order valence-corrected chi connectivity index (χ0v) is 26.6. The van der Waals surface area contributed by atoms with Crippen LogP contribution >= 0.6 is 0 Å². The van der Waals surface area contributed by atoms with Gasteiger partial charge in [-0.15, -0.1) is 0 Å². The van der Waals surface area contributed by atoms with Crippen LogP contribution in [0.3, 0.4) is 0 Å². The van der Waals surface area contributed by atoms with E-state index in [-0.39, 0.29) is 25.6 Å². The van der Waals surface area contributed by atoms with E-state index in [1.54, 1.807) is 0 Å². The first kappa shape index (κ1) is 40.7. The largest absolute Gasteiger partial charge is 1.00 e. The molecular weight excluding hydrogens is 634 g/mol. The van der Waals surface area contributed by atoms with Gasteiger partial charge in [-0.2, -0.15) is 0 Å². The number of aliphatic hydroxyl groups excluding tert-OH is 9. The van der Waals surface area contributed by atoms with Crippen LogP contribution in [0.5, 0.6) is 0 Å². The highest BCUT2D eigenvalue weighted by molar-refractivity contribution is 4.96. The number of methoxy groups -OCH3 is 2. The fourth-order valence-electron chi connectivity index (χ4n) is 5.51. The van der Waals surface area contributed by atoms with Gasteiger partial charge in [-0.05, 0) is 0 Å². The van der Waals surface area contributed by atoms with E-state index in [4.69, 9.17) is 37.9 Å². The molecular formula is C26H50ClNO17. The molecule has 0 aromatic rings. The van der Waals surface area contributed by atoms with Gasteiger partial charge >= 0.3 is 0 Å². The molecule has 7 unspecified atom stereocenters. The monoisotopic (exact) mass is 683 g/mol. The number of aliphatic hydroxyl groups is 9. The fraction of sp³-hybridized carbons (Fsp3) is 1.00. The highest BCUT2D eigenvalue weighted by Gasteiger charge is 2.53. The van der Waals surface area contributed by atoms with Crippen molar-refractivity contribution in [3.8, 4) is 0 Å². The first-order valence-electron chi connectivity index (χ1n) is 14.4. The van der Waals surface area contributed by atoms with Crippen LogP contribution in [0.1, 0.15) is 0 Å². The van der Waals surface area contributed by atoms with E-state index in [2.05, 4.69) is 0 Å². The van der Waals surface area contributed by atoms with Crippen molar-refractivity contribution < 1.29 is 101 Å². The molecule has 3 aliphatic rings. The summed E-state index contributed by atoms with van der Waals surface area (Å²) in [6, 6.07) is 0. The maximum atomic E-state index is 11.2. The lowest BCUT2D eigenvalue weighted by molar-refractivity contribution is -0.873. The lowest BCUT2D eigenvalue weighted by Gasteiger charge is -2.48. The lowest BCUT2D eigenvalue weighted by atomic mass is 9.96. The number of hydrogen-bond donors (Lipinski definition) is 9. The highest BCUT2D eigenvalue weighted by atomic mass is 35.5. The quantitative estimate of drug-likeness (QED) is 0.0770. The van der Waals surface area contributed by atoms with Gasteiger partial charge in [0.25, 0.3) is 0 Å². The summed E-state index contributed by atoms with van der Waals surface area (Å²) in [6.07, 6.45) is -23.3. The van der Waals surface area contributed by atoms with Crippen LogP contribution in [0.2, 0.25) is 0 Å². The van der Waals surface area contributed by atoms with E-state index >= 15 is 0 Å². The Bertz CT molecular complexity index is 855. The Morgan fingerprint density at radius 1 is 0.622 bits per heavy atom. The average Bonchev–Trinajstić information content (AvgIpc) is 2.96. The first-order valence-corrected chi connectivity index (χ1v) is 14.4. The minimum absolute atomic E-state index is 0. The van der Waals surface area contributed by atoms with Crippen LogP contribution in [-0.2, 0) is 37.9 Å². The van der Waals surface area contributed by atoms with Crippen LogP contribution in [0.25, 0.3) is 0 Å². The predicted octanol–water partition coefficient (Wildman–Crippen LogP) is -9.17. The summed E-state index contributed by atoms with van der Waals surface area (Å²) in [4.78, 5) is 0. The number of likely N-dealkylation sites (N-methyl/N-ethyl adjacent to an activating group) is 1. The predicted molar refractivity (Wildman–Crippen MR) is 143 cm³/mol. The van der Waals surface area contributed by atoms with Crippen LogP contribution in [0, 0.1) is 0 Å². The van der Waals surface area contributed by atoms with Crippen molar-refractivity contribution in [2.45, 2.75) is 98.2 Å². The molecule has 0 radical (unpaired) electrons. The van der Waals surface area contributed by atoms with Gasteiger partial charge < -0.3 is 101 Å². The molecule has 0 bridgehead atoms. The standard InChI is InChI=1S/C26H50NO17.ClH/c1-27(2,3)6-11(30)9-39-10-14-23(44-25-19(35)15(31)21(37-4)12(7-28)41-25)17(33)20(36)26(42-14)43-22-13(8-29)40-24(38-5)18(34)16(22)32;/h11-26,28-36H,6-10H2,1-5H3;1H/q+1;/p-1/t11?,12?,13?,14?,15-,16-,17-,18?,19?,20?,21-,22-,23-,24+,25-,26-;/m1./s1. The molecule has 3 fully saturated rings. The normalized spacial score (nSPS) is 43.5. The van der Waals surface area contributed by atoms with E-state index in [1.165, 1.54) is 14.2 Å². The van der Waals surface area contributed by atoms with Crippen LogP contribution in [0.4, 0.5) is 0 Å². The lowest BCUT2D eigenvalue weighted by Crippen LogP contribution is -3.00. The summed E-state index contributed by atoms with van der Waals surface area (Å²) in [6.45, 7) is -1.43. The molecule has 0 saturated carbocycles. The van der Waals surface area contributed by atoms with Crippen molar-refractivity contribution in [2.24, 2.45) is 0 Å². The Labute approximate surface area is 267 Å². The van der Waals surface area contributed by atoms with Crippen LogP contribution in [-0.4, -0.2) is 217 Å². The van der Waals surface area contributed by atoms with Gasteiger partial charge in [-0.25, -0.2) is 0 Å². The zero-order valence-electron chi connectivity index (χ0n) is 25.9. The van der Waals surface area contributed by atoms with E-state index in [1.807, 2.05) is 21.1 Å². The van der Waals surface area contributed by atoms with Crippen LogP contribution in [0.15, 0.2) is 0 Å². The molecule has 19 heteroatoms. The van der Waals surface area contributed by atoms with E-state index in [0.717, 1.165) is 0 Å². The van der Waals surface area contributed by atoms with E-state index < -0.39 is 111 Å². The Morgan fingerprint density at radius 3 is 1.51 bits per heavy atom. The third kappa shape index (κ3) is 10.0. The van der Waals surface area contributed by atoms with Gasteiger partial charge in [-0.1, -0.05) is 0 Å². The molecule has 9 N–H and O–H groups in total. The molecule has 16 atom stereocenters. The summed E-state index contributed by atoms with van der Waals surface area (Å²) in [7, 11) is 8.12. The van der Waals surface area contributed by atoms with Crippen molar-refractivity contribution in [2.75, 3.05) is 68.3 Å². The second-order valence-electron chi connectivity index (χ2n) is 12.2. The first-order chi connectivity index (χ1) is 20.7. The molecule has 268 valence electrons. The molecule has 45 heavy (non-hydrogen) atoms. The molecule has 3 saturated heterocycles. The number of halogens is 1. The summed E-state index contributed by atoms with van der Waals surface area (Å²) in [5, 5.41) is 94.3. The smallest absolute Gasteiger partial charge is 0.187 e. The Balaban J connectivity index is 0.00000705. The minimum Gasteiger partial charge on any atom is -1.00 e. The van der Waals surface area contributed by atoms with Crippen molar-refractivity contribution in [1.82, 2.24) is 0 Å². The highest BCUT2D eigenvalue weighted by Crippen LogP contribution is 2.33. The molecule has 3 heterocycles. The van der Waals surface area contributed by atoms with E-state index in [0.29, 0.717) is 11.0 Å². The van der Waals surface area contributed by atoms with Crippen LogP contribution < -0.4 is 12.4 Å².